The number of hydrogen-bond acceptors (Lipinski definition) is 1. The van der Waals surface area contributed by atoms with Gasteiger partial charge in [-0.05, 0) is 31.3 Å². The fourth-order valence-electron chi connectivity index (χ4n) is 2.38. The Bertz CT molecular complexity index is 223. The fourth-order valence-corrected chi connectivity index (χ4v) is 2.38. The smallest absolute Gasteiger partial charge is 0.159 e. The molecule has 0 amide bonds. The van der Waals surface area contributed by atoms with Gasteiger partial charge in [-0.15, -0.1) is 0 Å². The van der Waals surface area contributed by atoms with Gasteiger partial charge in [0.15, 0.2) is 5.78 Å². The van der Waals surface area contributed by atoms with Crippen LogP contribution in [-0.2, 0) is 4.79 Å². The molecule has 0 N–H and O–H groups in total. The van der Waals surface area contributed by atoms with Crippen LogP contribution in [0.1, 0.15) is 40.5 Å². The van der Waals surface area contributed by atoms with E-state index in [2.05, 4.69) is 20.8 Å². The summed E-state index contributed by atoms with van der Waals surface area (Å²) in [4.78, 5) is 11.6. The Morgan fingerprint density at radius 2 is 2.17 bits per heavy atom. The van der Waals surface area contributed by atoms with Gasteiger partial charge in [0.05, 0.1) is 0 Å². The average Bonchev–Trinajstić information content (AvgIpc) is 1.82. The highest BCUT2D eigenvalue weighted by atomic mass is 16.1. The summed E-state index contributed by atoms with van der Waals surface area (Å²) in [5.74, 6) is 0.562. The fraction of sp³-hybridized carbons (Fsp3) is 0.727. The molecule has 1 aliphatic carbocycles. The molecule has 0 aromatic rings. The molecule has 0 aromatic heterocycles. The molecule has 68 valence electrons. The van der Waals surface area contributed by atoms with Crippen LogP contribution in [0, 0.1) is 11.3 Å². The maximum Gasteiger partial charge on any atom is 0.159 e. The van der Waals surface area contributed by atoms with E-state index in [1.807, 2.05) is 13.0 Å². The Balaban J connectivity index is 2.94. The van der Waals surface area contributed by atoms with Crippen LogP contribution >= 0.6 is 0 Å². The van der Waals surface area contributed by atoms with Gasteiger partial charge in [0, 0.05) is 5.92 Å². The molecular weight excluding hydrogens is 148 g/mol. The number of hydrogen-bond donors (Lipinski definition) is 0. The minimum absolute atomic E-state index is 0.171. The van der Waals surface area contributed by atoms with E-state index in [9.17, 15) is 4.79 Å². The molecule has 0 saturated heterocycles. The minimum Gasteiger partial charge on any atom is -0.295 e. The van der Waals surface area contributed by atoms with Gasteiger partial charge in [-0.3, -0.25) is 4.79 Å². The quantitative estimate of drug-likeness (QED) is 0.585. The Hall–Kier alpha value is -0.590. The van der Waals surface area contributed by atoms with E-state index in [0.29, 0.717) is 5.78 Å². The molecule has 1 aliphatic rings. The normalized spacial score (nSPS) is 28.5. The predicted octanol–water partition coefficient (Wildman–Crippen LogP) is 2.96. The number of allylic oxidation sites excluding steroid dienone is 2. The molecule has 0 aromatic carbocycles. The van der Waals surface area contributed by atoms with Gasteiger partial charge in [-0.1, -0.05) is 26.3 Å². The highest BCUT2D eigenvalue weighted by Gasteiger charge is 2.35. The van der Waals surface area contributed by atoms with Crippen molar-refractivity contribution in [1.82, 2.24) is 0 Å². The molecule has 12 heavy (non-hydrogen) atoms. The number of ketones is 1. The Labute approximate surface area is 74.9 Å². The summed E-state index contributed by atoms with van der Waals surface area (Å²) in [5.41, 5.74) is 1.40. The second-order valence-electron chi connectivity index (χ2n) is 4.52. The lowest BCUT2D eigenvalue weighted by Gasteiger charge is -2.35. The molecule has 0 fully saturated rings. The third-order valence-electron chi connectivity index (χ3n) is 2.82. The topological polar surface area (TPSA) is 17.1 Å². The molecule has 1 rings (SSSR count). The molecule has 1 nitrogen and oxygen atoms in total. The molecule has 0 aliphatic heterocycles. The SMILES string of the molecule is CCC1C(=O)C=C(C)CC1(C)C. The van der Waals surface area contributed by atoms with Crippen molar-refractivity contribution < 1.29 is 4.79 Å². The van der Waals surface area contributed by atoms with Crippen LogP contribution in [0.15, 0.2) is 11.6 Å². The van der Waals surface area contributed by atoms with Crippen molar-refractivity contribution in [2.75, 3.05) is 0 Å². The molecule has 1 unspecified atom stereocenters. The van der Waals surface area contributed by atoms with Crippen molar-refractivity contribution in [1.29, 1.82) is 0 Å². The van der Waals surface area contributed by atoms with E-state index in [0.717, 1.165) is 12.8 Å². The Kier molecular flexibility index (Phi) is 2.41. The van der Waals surface area contributed by atoms with Crippen molar-refractivity contribution in [2.45, 2.75) is 40.5 Å². The van der Waals surface area contributed by atoms with Crippen LogP contribution in [0.2, 0.25) is 0 Å². The molecule has 0 bridgehead atoms. The predicted molar refractivity (Wildman–Crippen MR) is 50.9 cm³/mol. The lowest BCUT2D eigenvalue weighted by atomic mass is 9.68. The zero-order valence-electron chi connectivity index (χ0n) is 8.48. The summed E-state index contributed by atoms with van der Waals surface area (Å²) < 4.78 is 0. The van der Waals surface area contributed by atoms with Gasteiger partial charge in [-0.25, -0.2) is 0 Å². The summed E-state index contributed by atoms with van der Waals surface area (Å²) in [6, 6.07) is 0. The summed E-state index contributed by atoms with van der Waals surface area (Å²) in [6.07, 6.45) is 3.85. The van der Waals surface area contributed by atoms with Crippen molar-refractivity contribution in [2.24, 2.45) is 11.3 Å². The van der Waals surface area contributed by atoms with Gasteiger partial charge in [0.25, 0.3) is 0 Å². The van der Waals surface area contributed by atoms with Crippen LogP contribution in [0.3, 0.4) is 0 Å². The van der Waals surface area contributed by atoms with Crippen molar-refractivity contribution in [3.8, 4) is 0 Å². The van der Waals surface area contributed by atoms with Crippen molar-refractivity contribution in [3.05, 3.63) is 11.6 Å². The maximum absolute atomic E-state index is 11.6. The standard InChI is InChI=1S/C11H18O/c1-5-9-10(12)6-8(2)7-11(9,3)4/h6,9H,5,7H2,1-4H3. The average molecular weight is 166 g/mol. The van der Waals surface area contributed by atoms with Gasteiger partial charge >= 0.3 is 0 Å². The van der Waals surface area contributed by atoms with E-state index in [-0.39, 0.29) is 11.3 Å². The first-order valence-electron chi connectivity index (χ1n) is 4.68. The van der Waals surface area contributed by atoms with Crippen LogP contribution in [-0.4, -0.2) is 5.78 Å². The molecule has 0 spiro atoms. The number of carbonyl (C=O) groups excluding carboxylic acids is 1. The molecule has 0 radical (unpaired) electrons. The van der Waals surface area contributed by atoms with E-state index in [1.54, 1.807) is 0 Å². The summed E-state index contributed by atoms with van der Waals surface area (Å²) >= 11 is 0. The van der Waals surface area contributed by atoms with Gasteiger partial charge in [0.2, 0.25) is 0 Å². The van der Waals surface area contributed by atoms with Crippen molar-refractivity contribution in [3.63, 3.8) is 0 Å². The largest absolute Gasteiger partial charge is 0.295 e. The zero-order chi connectivity index (χ0) is 9.35. The number of rotatable bonds is 1. The monoisotopic (exact) mass is 166 g/mol. The van der Waals surface area contributed by atoms with E-state index >= 15 is 0 Å². The van der Waals surface area contributed by atoms with Crippen LogP contribution in [0.25, 0.3) is 0 Å². The Morgan fingerprint density at radius 1 is 1.58 bits per heavy atom. The molecule has 0 saturated carbocycles. The second-order valence-corrected chi connectivity index (χ2v) is 4.52. The lowest BCUT2D eigenvalue weighted by molar-refractivity contribution is -0.122. The summed E-state index contributed by atoms with van der Waals surface area (Å²) in [7, 11) is 0. The van der Waals surface area contributed by atoms with Gasteiger partial charge in [-0.2, -0.15) is 0 Å². The first kappa shape index (κ1) is 9.50. The van der Waals surface area contributed by atoms with Crippen molar-refractivity contribution >= 4 is 5.78 Å². The van der Waals surface area contributed by atoms with Gasteiger partial charge in [0.1, 0.15) is 0 Å². The number of carbonyl (C=O) groups is 1. The van der Waals surface area contributed by atoms with Crippen LogP contribution < -0.4 is 0 Å². The Morgan fingerprint density at radius 3 is 2.58 bits per heavy atom. The molecule has 1 atom stereocenters. The first-order valence-corrected chi connectivity index (χ1v) is 4.68. The third kappa shape index (κ3) is 1.60. The lowest BCUT2D eigenvalue weighted by Crippen LogP contribution is -2.33. The minimum atomic E-state index is 0.171. The van der Waals surface area contributed by atoms with Crippen LogP contribution in [0.4, 0.5) is 0 Å². The first-order chi connectivity index (χ1) is 5.47. The van der Waals surface area contributed by atoms with E-state index in [4.69, 9.17) is 0 Å². The zero-order valence-corrected chi connectivity index (χ0v) is 8.48. The van der Waals surface area contributed by atoms with Crippen LogP contribution in [0.5, 0.6) is 0 Å². The molecule has 1 heteroatoms. The summed E-state index contributed by atoms with van der Waals surface area (Å²) in [6.45, 7) is 8.52. The van der Waals surface area contributed by atoms with E-state index in [1.165, 1.54) is 5.57 Å². The molecule has 0 heterocycles. The second kappa shape index (κ2) is 3.04. The third-order valence-corrected chi connectivity index (χ3v) is 2.82. The highest BCUT2D eigenvalue weighted by Crippen LogP contribution is 2.39. The van der Waals surface area contributed by atoms with Gasteiger partial charge < -0.3 is 0 Å². The molecular formula is C11H18O. The summed E-state index contributed by atoms with van der Waals surface area (Å²) in [5, 5.41) is 0. The highest BCUT2D eigenvalue weighted by molar-refractivity contribution is 5.93. The van der Waals surface area contributed by atoms with E-state index < -0.39 is 0 Å². The maximum atomic E-state index is 11.6.